The second kappa shape index (κ2) is 4.29. The van der Waals surface area contributed by atoms with Gasteiger partial charge in [-0.1, -0.05) is 0 Å². The summed E-state index contributed by atoms with van der Waals surface area (Å²) in [6, 6.07) is 3.24. The van der Waals surface area contributed by atoms with Crippen LogP contribution in [0.2, 0.25) is 0 Å². The Morgan fingerprint density at radius 2 is 2.13 bits per heavy atom. The number of carbonyl (C=O) groups excluding carboxylic acids is 1. The summed E-state index contributed by atoms with van der Waals surface area (Å²) in [5, 5.41) is 0. The first-order chi connectivity index (χ1) is 7.25. The lowest BCUT2D eigenvalue weighted by atomic mass is 10.2. The number of nitrogen functional groups attached to an aromatic ring is 1. The number of ether oxygens (including phenoxy) is 1. The molecule has 0 unspecified atom stereocenters. The van der Waals surface area contributed by atoms with Crippen LogP contribution >= 0.6 is 0 Å². The molecule has 1 heterocycles. The van der Waals surface area contributed by atoms with Crippen LogP contribution in [0, 0.1) is 0 Å². The number of nitrogens with zero attached hydrogens (tertiary/aromatic N) is 1. The first-order valence-electron chi connectivity index (χ1n) is 5.18. The Balaban J connectivity index is 1.98. The Morgan fingerprint density at radius 3 is 2.73 bits per heavy atom. The van der Waals surface area contributed by atoms with Crippen molar-refractivity contribution in [3.63, 3.8) is 0 Å². The first-order valence-corrected chi connectivity index (χ1v) is 5.18. The molecule has 1 fully saturated rings. The monoisotopic (exact) mass is 206 g/mol. The Bertz CT molecular complexity index is 342. The minimum atomic E-state index is -0.297. The van der Waals surface area contributed by atoms with E-state index < -0.39 is 0 Å². The highest BCUT2D eigenvalue weighted by Crippen LogP contribution is 2.22. The largest absolute Gasteiger partial charge is 0.459 e. The van der Waals surface area contributed by atoms with Crippen molar-refractivity contribution in [3.8, 4) is 0 Å². The molecule has 2 N–H and O–H groups in total. The maximum absolute atomic E-state index is 11.6. The molecule has 4 heteroatoms. The molecule has 1 saturated carbocycles. The van der Waals surface area contributed by atoms with Gasteiger partial charge in [0.25, 0.3) is 0 Å². The average molecular weight is 206 g/mol. The van der Waals surface area contributed by atoms with Gasteiger partial charge in [-0.2, -0.15) is 0 Å². The van der Waals surface area contributed by atoms with Crippen molar-refractivity contribution in [2.45, 2.75) is 31.8 Å². The maximum Gasteiger partial charge on any atom is 0.339 e. The summed E-state index contributed by atoms with van der Waals surface area (Å²) in [5.74, 6) is 0.113. The predicted molar refractivity (Wildman–Crippen MR) is 56.3 cm³/mol. The summed E-state index contributed by atoms with van der Waals surface area (Å²) >= 11 is 0. The molecule has 0 spiro atoms. The second-order valence-electron chi connectivity index (χ2n) is 3.78. The molecule has 1 aromatic rings. The average Bonchev–Trinajstić information content (AvgIpc) is 2.71. The summed E-state index contributed by atoms with van der Waals surface area (Å²) in [4.78, 5) is 15.5. The van der Waals surface area contributed by atoms with Crippen molar-refractivity contribution in [1.29, 1.82) is 0 Å². The van der Waals surface area contributed by atoms with Crippen molar-refractivity contribution < 1.29 is 9.53 Å². The lowest BCUT2D eigenvalue weighted by molar-refractivity contribution is 0.0317. The fourth-order valence-corrected chi connectivity index (χ4v) is 1.75. The molecule has 1 aliphatic carbocycles. The van der Waals surface area contributed by atoms with Crippen LogP contribution in [0.4, 0.5) is 5.82 Å². The highest BCUT2D eigenvalue weighted by atomic mass is 16.5. The van der Waals surface area contributed by atoms with Gasteiger partial charge in [-0.05, 0) is 37.8 Å². The standard InChI is InChI=1S/C11H14N2O2/c12-10-6-5-8(7-13-10)11(14)15-9-3-1-2-4-9/h5-7,9H,1-4H2,(H2,12,13). The molecule has 0 atom stereocenters. The SMILES string of the molecule is Nc1ccc(C(=O)OC2CCCC2)cn1. The number of anilines is 1. The normalized spacial score (nSPS) is 16.5. The molecule has 15 heavy (non-hydrogen) atoms. The lowest BCUT2D eigenvalue weighted by Gasteiger charge is -2.10. The van der Waals surface area contributed by atoms with Gasteiger partial charge in [0.05, 0.1) is 5.56 Å². The second-order valence-corrected chi connectivity index (χ2v) is 3.78. The number of aromatic nitrogens is 1. The number of hydrogen-bond acceptors (Lipinski definition) is 4. The number of pyridine rings is 1. The zero-order valence-corrected chi connectivity index (χ0v) is 8.48. The van der Waals surface area contributed by atoms with Crippen molar-refractivity contribution in [2.24, 2.45) is 0 Å². The van der Waals surface area contributed by atoms with Gasteiger partial charge in [-0.3, -0.25) is 0 Å². The smallest absolute Gasteiger partial charge is 0.339 e. The molecule has 1 aliphatic rings. The number of carbonyl (C=O) groups is 1. The van der Waals surface area contributed by atoms with Crippen LogP contribution in [0.1, 0.15) is 36.0 Å². The van der Waals surface area contributed by atoms with E-state index in [0.717, 1.165) is 25.7 Å². The van der Waals surface area contributed by atoms with Gasteiger partial charge in [0.2, 0.25) is 0 Å². The van der Waals surface area contributed by atoms with Gasteiger partial charge in [-0.25, -0.2) is 9.78 Å². The van der Waals surface area contributed by atoms with Crippen molar-refractivity contribution in [2.75, 3.05) is 5.73 Å². The van der Waals surface area contributed by atoms with E-state index in [0.29, 0.717) is 11.4 Å². The van der Waals surface area contributed by atoms with Crippen LogP contribution in [0.5, 0.6) is 0 Å². The van der Waals surface area contributed by atoms with Gasteiger partial charge in [0.1, 0.15) is 11.9 Å². The Labute approximate surface area is 88.4 Å². The van der Waals surface area contributed by atoms with Crippen molar-refractivity contribution in [1.82, 2.24) is 4.98 Å². The Morgan fingerprint density at radius 1 is 1.40 bits per heavy atom. The summed E-state index contributed by atoms with van der Waals surface area (Å²) in [6.07, 6.45) is 5.81. The highest BCUT2D eigenvalue weighted by molar-refractivity contribution is 5.89. The predicted octanol–water partition coefficient (Wildman–Crippen LogP) is 1.76. The van der Waals surface area contributed by atoms with E-state index >= 15 is 0 Å². The Kier molecular flexibility index (Phi) is 2.85. The fourth-order valence-electron chi connectivity index (χ4n) is 1.75. The number of esters is 1. The fraction of sp³-hybridized carbons (Fsp3) is 0.455. The molecule has 4 nitrogen and oxygen atoms in total. The topological polar surface area (TPSA) is 65.2 Å². The molecule has 1 aromatic heterocycles. The molecule has 0 amide bonds. The van der Waals surface area contributed by atoms with Crippen LogP contribution in [0.15, 0.2) is 18.3 Å². The minimum absolute atomic E-state index is 0.0926. The van der Waals surface area contributed by atoms with Gasteiger partial charge < -0.3 is 10.5 Å². The Hall–Kier alpha value is -1.58. The quantitative estimate of drug-likeness (QED) is 0.749. The third-order valence-electron chi connectivity index (χ3n) is 2.60. The van der Waals surface area contributed by atoms with Gasteiger partial charge in [0, 0.05) is 6.20 Å². The van der Waals surface area contributed by atoms with Crippen molar-refractivity contribution >= 4 is 11.8 Å². The van der Waals surface area contributed by atoms with E-state index in [1.54, 1.807) is 12.1 Å². The molecule has 80 valence electrons. The number of hydrogen-bond donors (Lipinski definition) is 1. The molecule has 0 aliphatic heterocycles. The van der Waals surface area contributed by atoms with E-state index in [4.69, 9.17) is 10.5 Å². The van der Waals surface area contributed by atoms with Crippen LogP contribution < -0.4 is 5.73 Å². The molecular weight excluding hydrogens is 192 g/mol. The van der Waals surface area contributed by atoms with Crippen molar-refractivity contribution in [3.05, 3.63) is 23.9 Å². The number of nitrogens with two attached hydrogens (primary N) is 1. The maximum atomic E-state index is 11.6. The van der Waals surface area contributed by atoms with Gasteiger partial charge >= 0.3 is 5.97 Å². The van der Waals surface area contributed by atoms with E-state index in [9.17, 15) is 4.79 Å². The van der Waals surface area contributed by atoms with Crippen LogP contribution in [0.25, 0.3) is 0 Å². The van der Waals surface area contributed by atoms with Gasteiger partial charge in [-0.15, -0.1) is 0 Å². The highest BCUT2D eigenvalue weighted by Gasteiger charge is 2.20. The summed E-state index contributed by atoms with van der Waals surface area (Å²) in [5.41, 5.74) is 5.90. The third kappa shape index (κ3) is 2.46. The molecule has 0 saturated heterocycles. The van der Waals surface area contributed by atoms with E-state index in [1.807, 2.05) is 0 Å². The van der Waals surface area contributed by atoms with E-state index in [1.165, 1.54) is 6.20 Å². The summed E-state index contributed by atoms with van der Waals surface area (Å²) in [7, 11) is 0. The number of rotatable bonds is 2. The van der Waals surface area contributed by atoms with Crippen LogP contribution in [-0.2, 0) is 4.74 Å². The molecule has 2 rings (SSSR count). The van der Waals surface area contributed by atoms with E-state index in [2.05, 4.69) is 4.98 Å². The zero-order chi connectivity index (χ0) is 10.7. The molecule has 0 radical (unpaired) electrons. The summed E-state index contributed by atoms with van der Waals surface area (Å²) < 4.78 is 5.32. The zero-order valence-electron chi connectivity index (χ0n) is 8.48. The first kappa shape index (κ1) is 9.96. The van der Waals surface area contributed by atoms with Gasteiger partial charge in [0.15, 0.2) is 0 Å². The van der Waals surface area contributed by atoms with Crippen LogP contribution in [-0.4, -0.2) is 17.1 Å². The lowest BCUT2D eigenvalue weighted by Crippen LogP contribution is -2.14. The van der Waals surface area contributed by atoms with Crippen LogP contribution in [0.3, 0.4) is 0 Å². The minimum Gasteiger partial charge on any atom is -0.459 e. The third-order valence-corrected chi connectivity index (χ3v) is 2.60. The molecule has 0 aromatic carbocycles. The molecular formula is C11H14N2O2. The van der Waals surface area contributed by atoms with E-state index in [-0.39, 0.29) is 12.1 Å². The summed E-state index contributed by atoms with van der Waals surface area (Å²) in [6.45, 7) is 0. The molecule has 0 bridgehead atoms.